The maximum Gasteiger partial charge on any atom is 0.187 e. The number of halogens is 1. The van der Waals surface area contributed by atoms with E-state index in [0.29, 0.717) is 5.56 Å². The van der Waals surface area contributed by atoms with E-state index in [1.165, 1.54) is 0 Å². The molecule has 2 aromatic carbocycles. The van der Waals surface area contributed by atoms with Crippen molar-refractivity contribution in [3.8, 4) is 0 Å². The molecule has 3 rings (SSSR count). The Morgan fingerprint density at radius 2 is 1.70 bits per heavy atom. The number of hydrogen-bond acceptors (Lipinski definition) is 1. The molecular weight excluding hydrogens is 270 g/mol. The number of rotatable bonds is 3. The number of aromatic nitrogens is 1. The van der Waals surface area contributed by atoms with Gasteiger partial charge in [-0.05, 0) is 18.6 Å². The van der Waals surface area contributed by atoms with E-state index >= 15 is 0 Å². The van der Waals surface area contributed by atoms with E-state index in [2.05, 4.69) is 4.98 Å². The van der Waals surface area contributed by atoms with Gasteiger partial charge in [0.2, 0.25) is 0 Å². The minimum absolute atomic E-state index is 0.0622. The van der Waals surface area contributed by atoms with Crippen molar-refractivity contribution in [2.75, 3.05) is 0 Å². The number of carbonyl (C=O) groups is 1. The molecule has 0 radical (unpaired) electrons. The predicted octanol–water partition coefficient (Wildman–Crippen LogP) is 4.64. The van der Waals surface area contributed by atoms with Crippen molar-refractivity contribution < 1.29 is 4.79 Å². The Bertz CT molecular complexity index is 761. The average molecular weight is 284 g/mol. The molecule has 1 atom stereocenters. The van der Waals surface area contributed by atoms with Gasteiger partial charge in [0.1, 0.15) is 5.38 Å². The van der Waals surface area contributed by atoms with Crippen LogP contribution in [0.1, 0.15) is 27.0 Å². The van der Waals surface area contributed by atoms with Crippen LogP contribution in [0.2, 0.25) is 0 Å². The van der Waals surface area contributed by atoms with Crippen molar-refractivity contribution in [3.63, 3.8) is 0 Å². The number of H-pyrrole nitrogens is 1. The van der Waals surface area contributed by atoms with Crippen LogP contribution in [0.3, 0.4) is 0 Å². The lowest BCUT2D eigenvalue weighted by molar-refractivity contribution is 0.0988. The average Bonchev–Trinajstić information content (AvgIpc) is 2.82. The van der Waals surface area contributed by atoms with Gasteiger partial charge in [-0.2, -0.15) is 0 Å². The van der Waals surface area contributed by atoms with Gasteiger partial charge in [-0.1, -0.05) is 48.5 Å². The normalized spacial score (nSPS) is 12.5. The van der Waals surface area contributed by atoms with Crippen LogP contribution in [-0.4, -0.2) is 10.8 Å². The van der Waals surface area contributed by atoms with E-state index in [0.717, 1.165) is 22.2 Å². The van der Waals surface area contributed by atoms with Crippen LogP contribution in [0, 0.1) is 6.92 Å². The zero-order valence-electron chi connectivity index (χ0n) is 11.1. The summed E-state index contributed by atoms with van der Waals surface area (Å²) in [7, 11) is 0. The molecule has 3 aromatic rings. The Balaban J connectivity index is 2.07. The Kier molecular flexibility index (Phi) is 3.33. The number of ketones is 1. The highest BCUT2D eigenvalue weighted by Gasteiger charge is 2.24. The number of fused-ring (bicyclic) bond motifs is 1. The molecule has 0 spiro atoms. The quantitative estimate of drug-likeness (QED) is 0.551. The molecule has 3 heteroatoms. The summed E-state index contributed by atoms with van der Waals surface area (Å²) in [6.45, 7) is 1.90. The fraction of sp³-hybridized carbons (Fsp3) is 0.118. The van der Waals surface area contributed by atoms with Gasteiger partial charge in [0.05, 0.1) is 0 Å². The van der Waals surface area contributed by atoms with Gasteiger partial charge < -0.3 is 4.98 Å². The first-order valence-corrected chi connectivity index (χ1v) is 6.92. The van der Waals surface area contributed by atoms with Crippen molar-refractivity contribution >= 4 is 28.3 Å². The highest BCUT2D eigenvalue weighted by atomic mass is 35.5. The summed E-state index contributed by atoms with van der Waals surface area (Å²) in [6.07, 6.45) is 0. The molecule has 1 N–H and O–H groups in total. The molecule has 0 saturated heterocycles. The van der Waals surface area contributed by atoms with Crippen molar-refractivity contribution in [3.05, 3.63) is 71.4 Å². The highest BCUT2D eigenvalue weighted by Crippen LogP contribution is 2.30. The van der Waals surface area contributed by atoms with Gasteiger partial charge in [-0.15, -0.1) is 11.6 Å². The molecule has 0 aliphatic carbocycles. The topological polar surface area (TPSA) is 32.9 Å². The van der Waals surface area contributed by atoms with Gasteiger partial charge in [0.25, 0.3) is 0 Å². The maximum absolute atomic E-state index is 12.7. The molecule has 0 aliphatic heterocycles. The number of aryl methyl sites for hydroxylation is 1. The van der Waals surface area contributed by atoms with Crippen LogP contribution < -0.4 is 0 Å². The Labute approximate surface area is 122 Å². The van der Waals surface area contributed by atoms with Crippen molar-refractivity contribution in [2.24, 2.45) is 0 Å². The third kappa shape index (κ3) is 2.12. The van der Waals surface area contributed by atoms with E-state index in [-0.39, 0.29) is 5.78 Å². The van der Waals surface area contributed by atoms with Gasteiger partial charge in [-0.3, -0.25) is 4.79 Å². The lowest BCUT2D eigenvalue weighted by atomic mass is 10.00. The number of alkyl halides is 1. The summed E-state index contributed by atoms with van der Waals surface area (Å²) in [4.78, 5) is 15.9. The molecule has 20 heavy (non-hydrogen) atoms. The van der Waals surface area contributed by atoms with Gasteiger partial charge in [0.15, 0.2) is 5.78 Å². The first-order valence-electron chi connectivity index (χ1n) is 6.49. The number of hydrogen-bond donors (Lipinski definition) is 1. The number of nitrogens with one attached hydrogen (secondary N) is 1. The van der Waals surface area contributed by atoms with Crippen LogP contribution in [-0.2, 0) is 0 Å². The Hall–Kier alpha value is -2.06. The van der Waals surface area contributed by atoms with Crippen LogP contribution in [0.15, 0.2) is 54.6 Å². The van der Waals surface area contributed by atoms with Gasteiger partial charge in [-0.25, -0.2) is 0 Å². The SMILES string of the molecule is Cc1[nH]c2ccccc2c1C(=O)C(Cl)c1ccccc1. The molecule has 0 amide bonds. The summed E-state index contributed by atoms with van der Waals surface area (Å²) < 4.78 is 0. The third-order valence-electron chi connectivity index (χ3n) is 3.46. The second-order valence-corrected chi connectivity index (χ2v) is 5.24. The van der Waals surface area contributed by atoms with E-state index in [1.54, 1.807) is 0 Å². The lowest BCUT2D eigenvalue weighted by Gasteiger charge is -2.09. The number of Topliss-reactive ketones (excluding diaryl/α,β-unsaturated/α-hetero) is 1. The Morgan fingerprint density at radius 3 is 2.45 bits per heavy atom. The molecule has 0 saturated carbocycles. The summed E-state index contributed by atoms with van der Waals surface area (Å²) in [5.41, 5.74) is 3.33. The number of benzene rings is 2. The number of aromatic amines is 1. The fourth-order valence-electron chi connectivity index (χ4n) is 2.49. The molecule has 2 nitrogen and oxygen atoms in total. The monoisotopic (exact) mass is 283 g/mol. The molecule has 0 aliphatic rings. The zero-order valence-corrected chi connectivity index (χ0v) is 11.8. The summed E-state index contributed by atoms with van der Waals surface area (Å²) >= 11 is 6.36. The van der Waals surface area contributed by atoms with Crippen molar-refractivity contribution in [1.29, 1.82) is 0 Å². The van der Waals surface area contributed by atoms with Crippen molar-refractivity contribution in [1.82, 2.24) is 4.98 Å². The molecule has 0 fully saturated rings. The zero-order chi connectivity index (χ0) is 14.1. The molecular formula is C17H14ClNO. The minimum atomic E-state index is -0.658. The first-order chi connectivity index (χ1) is 9.68. The molecule has 100 valence electrons. The summed E-state index contributed by atoms with van der Waals surface area (Å²) in [6, 6.07) is 17.2. The first kappa shape index (κ1) is 12.9. The smallest absolute Gasteiger partial charge is 0.187 e. The Morgan fingerprint density at radius 1 is 1.05 bits per heavy atom. The molecule has 1 unspecified atom stereocenters. The van der Waals surface area contributed by atoms with E-state index < -0.39 is 5.38 Å². The summed E-state index contributed by atoms with van der Waals surface area (Å²) in [5.74, 6) is -0.0622. The highest BCUT2D eigenvalue weighted by molar-refractivity contribution is 6.35. The molecule has 1 heterocycles. The largest absolute Gasteiger partial charge is 0.358 e. The number of carbonyl (C=O) groups excluding carboxylic acids is 1. The van der Waals surface area contributed by atoms with Crippen molar-refractivity contribution in [2.45, 2.75) is 12.3 Å². The molecule has 1 aromatic heterocycles. The standard InChI is InChI=1S/C17H14ClNO/c1-11-15(13-9-5-6-10-14(13)19-11)17(20)16(18)12-7-3-2-4-8-12/h2-10,16,19H,1H3. The molecule has 0 bridgehead atoms. The minimum Gasteiger partial charge on any atom is -0.358 e. The van der Waals surface area contributed by atoms with E-state index in [9.17, 15) is 4.79 Å². The third-order valence-corrected chi connectivity index (χ3v) is 3.91. The van der Waals surface area contributed by atoms with Gasteiger partial charge >= 0.3 is 0 Å². The van der Waals surface area contributed by atoms with E-state index in [1.807, 2.05) is 61.5 Å². The second-order valence-electron chi connectivity index (χ2n) is 4.81. The maximum atomic E-state index is 12.7. The van der Waals surface area contributed by atoms with Crippen LogP contribution in [0.5, 0.6) is 0 Å². The van der Waals surface area contributed by atoms with E-state index in [4.69, 9.17) is 11.6 Å². The fourth-order valence-corrected chi connectivity index (χ4v) is 2.75. The number of para-hydroxylation sites is 1. The predicted molar refractivity (Wildman–Crippen MR) is 82.4 cm³/mol. The lowest BCUT2D eigenvalue weighted by Crippen LogP contribution is -2.08. The van der Waals surface area contributed by atoms with Crippen LogP contribution in [0.25, 0.3) is 10.9 Å². The van der Waals surface area contributed by atoms with Crippen LogP contribution in [0.4, 0.5) is 0 Å². The van der Waals surface area contributed by atoms with Crippen LogP contribution >= 0.6 is 11.6 Å². The van der Waals surface area contributed by atoms with Gasteiger partial charge in [0, 0.05) is 22.2 Å². The second kappa shape index (κ2) is 5.14. The summed E-state index contributed by atoms with van der Waals surface area (Å²) in [5, 5.41) is 0.269.